The van der Waals surface area contributed by atoms with Gasteiger partial charge in [-0.05, 0) is 50.7 Å². The first kappa shape index (κ1) is 17.9. The Labute approximate surface area is 152 Å². The number of fused-ring (bicyclic) bond motifs is 1. The van der Waals surface area contributed by atoms with Crippen molar-refractivity contribution in [2.24, 2.45) is 5.92 Å². The van der Waals surface area contributed by atoms with E-state index >= 15 is 0 Å². The molecule has 0 bridgehead atoms. The Balaban J connectivity index is 1.50. The molecule has 1 aromatic carbocycles. The number of hydrogen-bond donors (Lipinski definition) is 0. The van der Waals surface area contributed by atoms with E-state index in [4.69, 9.17) is 4.74 Å². The van der Waals surface area contributed by atoms with Gasteiger partial charge in [0.25, 0.3) is 0 Å². The molecule has 0 radical (unpaired) electrons. The SMILES string of the molecule is CCOC(=O)CN(CC1CC1)C(=O)CCCc1nc2ccccc2s1. The third-order valence-corrected chi connectivity index (χ3v) is 5.37. The maximum atomic E-state index is 12.5. The highest BCUT2D eigenvalue weighted by Crippen LogP contribution is 2.30. The average molecular weight is 360 g/mol. The smallest absolute Gasteiger partial charge is 0.325 e. The third-order valence-electron chi connectivity index (χ3n) is 4.27. The minimum absolute atomic E-state index is 0.0427. The van der Waals surface area contributed by atoms with Crippen molar-refractivity contribution in [1.82, 2.24) is 9.88 Å². The first-order valence-corrected chi connectivity index (χ1v) is 9.75. The standard InChI is InChI=1S/C19H24N2O3S/c1-2-24-19(23)13-21(12-14-10-11-14)18(22)9-5-8-17-20-15-6-3-4-7-16(15)25-17/h3-4,6-7,14H,2,5,8-13H2,1H3. The van der Waals surface area contributed by atoms with Crippen molar-refractivity contribution in [3.05, 3.63) is 29.3 Å². The van der Waals surface area contributed by atoms with E-state index < -0.39 is 0 Å². The zero-order valence-corrected chi connectivity index (χ0v) is 15.4. The van der Waals surface area contributed by atoms with Gasteiger partial charge in [0.15, 0.2) is 0 Å². The van der Waals surface area contributed by atoms with E-state index in [9.17, 15) is 9.59 Å². The van der Waals surface area contributed by atoms with Crippen LogP contribution in [-0.2, 0) is 20.7 Å². The molecular formula is C19H24N2O3S. The lowest BCUT2D eigenvalue weighted by molar-refractivity contribution is -0.149. The summed E-state index contributed by atoms with van der Waals surface area (Å²) in [7, 11) is 0. The van der Waals surface area contributed by atoms with Gasteiger partial charge in [0, 0.05) is 13.0 Å². The van der Waals surface area contributed by atoms with Crippen LogP contribution >= 0.6 is 11.3 Å². The molecule has 134 valence electrons. The molecule has 1 saturated carbocycles. The number of ether oxygens (including phenoxy) is 1. The molecule has 1 aromatic heterocycles. The molecule has 0 aliphatic heterocycles. The summed E-state index contributed by atoms with van der Waals surface area (Å²) in [6.45, 7) is 2.88. The summed E-state index contributed by atoms with van der Waals surface area (Å²) < 4.78 is 6.17. The van der Waals surface area contributed by atoms with Gasteiger partial charge in [-0.15, -0.1) is 11.3 Å². The molecule has 0 saturated heterocycles. The first-order valence-electron chi connectivity index (χ1n) is 8.93. The van der Waals surface area contributed by atoms with E-state index in [2.05, 4.69) is 11.1 Å². The zero-order chi connectivity index (χ0) is 17.6. The maximum Gasteiger partial charge on any atom is 0.325 e. The van der Waals surface area contributed by atoms with E-state index in [0.717, 1.165) is 36.2 Å². The van der Waals surface area contributed by atoms with E-state index in [1.807, 2.05) is 18.2 Å². The topological polar surface area (TPSA) is 59.5 Å². The largest absolute Gasteiger partial charge is 0.465 e. The fourth-order valence-corrected chi connectivity index (χ4v) is 3.81. The van der Waals surface area contributed by atoms with E-state index in [1.54, 1.807) is 23.2 Å². The number of para-hydroxylation sites is 1. The van der Waals surface area contributed by atoms with Gasteiger partial charge in [-0.1, -0.05) is 12.1 Å². The number of amides is 1. The average Bonchev–Trinajstić information content (AvgIpc) is 3.31. The van der Waals surface area contributed by atoms with Crippen LogP contribution in [0.1, 0.15) is 37.6 Å². The number of rotatable bonds is 9. The molecule has 1 heterocycles. The summed E-state index contributed by atoms with van der Waals surface area (Å²) in [5.74, 6) is 0.284. The third kappa shape index (κ3) is 5.26. The van der Waals surface area contributed by atoms with Gasteiger partial charge < -0.3 is 9.64 Å². The van der Waals surface area contributed by atoms with Crippen LogP contribution < -0.4 is 0 Å². The Morgan fingerprint density at radius 3 is 2.84 bits per heavy atom. The minimum atomic E-state index is -0.317. The summed E-state index contributed by atoms with van der Waals surface area (Å²) in [5, 5.41) is 1.06. The number of aryl methyl sites for hydroxylation is 1. The van der Waals surface area contributed by atoms with Crippen LogP contribution in [0.5, 0.6) is 0 Å². The predicted molar refractivity (Wildman–Crippen MR) is 98.5 cm³/mol. The maximum absolute atomic E-state index is 12.5. The van der Waals surface area contributed by atoms with Crippen LogP contribution in [0, 0.1) is 5.92 Å². The normalized spacial score (nSPS) is 13.8. The zero-order valence-electron chi connectivity index (χ0n) is 14.6. The van der Waals surface area contributed by atoms with Crippen molar-refractivity contribution in [2.75, 3.05) is 19.7 Å². The number of aromatic nitrogens is 1. The molecule has 6 heteroatoms. The highest BCUT2D eigenvalue weighted by Gasteiger charge is 2.28. The monoisotopic (exact) mass is 360 g/mol. The summed E-state index contributed by atoms with van der Waals surface area (Å²) >= 11 is 1.69. The Morgan fingerprint density at radius 2 is 2.12 bits per heavy atom. The lowest BCUT2D eigenvalue weighted by Gasteiger charge is -2.21. The van der Waals surface area contributed by atoms with E-state index in [0.29, 0.717) is 25.5 Å². The molecule has 1 fully saturated rings. The van der Waals surface area contributed by atoms with Crippen LogP contribution in [0.3, 0.4) is 0 Å². The molecule has 25 heavy (non-hydrogen) atoms. The fourth-order valence-electron chi connectivity index (χ4n) is 2.80. The minimum Gasteiger partial charge on any atom is -0.465 e. The van der Waals surface area contributed by atoms with Gasteiger partial charge in [0.2, 0.25) is 5.91 Å². The number of carbonyl (C=O) groups excluding carboxylic acids is 2. The predicted octanol–water partition coefficient (Wildman–Crippen LogP) is 3.42. The number of esters is 1. The van der Waals surface area contributed by atoms with Gasteiger partial charge in [-0.3, -0.25) is 9.59 Å². The summed E-state index contributed by atoms with van der Waals surface area (Å²) in [6, 6.07) is 8.08. The van der Waals surface area contributed by atoms with Crippen LogP contribution in [-0.4, -0.2) is 41.5 Å². The van der Waals surface area contributed by atoms with Crippen molar-refractivity contribution < 1.29 is 14.3 Å². The molecule has 5 nitrogen and oxygen atoms in total. The molecule has 0 atom stereocenters. The summed E-state index contributed by atoms with van der Waals surface area (Å²) in [4.78, 5) is 30.5. The van der Waals surface area contributed by atoms with Gasteiger partial charge in [0.05, 0.1) is 21.8 Å². The lowest BCUT2D eigenvalue weighted by atomic mass is 10.2. The quantitative estimate of drug-likeness (QED) is 0.643. The molecule has 3 rings (SSSR count). The number of carbonyl (C=O) groups is 2. The van der Waals surface area contributed by atoms with Gasteiger partial charge in [0.1, 0.15) is 6.54 Å². The van der Waals surface area contributed by atoms with Crippen LogP contribution in [0.15, 0.2) is 24.3 Å². The molecule has 1 amide bonds. The van der Waals surface area contributed by atoms with Gasteiger partial charge in [-0.25, -0.2) is 4.98 Å². The Morgan fingerprint density at radius 1 is 1.32 bits per heavy atom. The summed E-state index contributed by atoms with van der Waals surface area (Å²) in [6.07, 6.45) is 4.29. The molecule has 1 aliphatic carbocycles. The Kier molecular flexibility index (Phi) is 6.02. The molecule has 0 N–H and O–H groups in total. The lowest BCUT2D eigenvalue weighted by Crippen LogP contribution is -2.37. The van der Waals surface area contributed by atoms with Crippen molar-refractivity contribution in [3.63, 3.8) is 0 Å². The van der Waals surface area contributed by atoms with Crippen LogP contribution in [0.4, 0.5) is 0 Å². The van der Waals surface area contributed by atoms with Crippen molar-refractivity contribution >= 4 is 33.4 Å². The molecule has 1 aliphatic rings. The van der Waals surface area contributed by atoms with Crippen LogP contribution in [0.25, 0.3) is 10.2 Å². The molecule has 0 spiro atoms. The summed E-state index contributed by atoms with van der Waals surface area (Å²) in [5.41, 5.74) is 1.02. The van der Waals surface area contributed by atoms with Gasteiger partial charge >= 0.3 is 5.97 Å². The Hall–Kier alpha value is -1.95. The number of hydrogen-bond acceptors (Lipinski definition) is 5. The van der Waals surface area contributed by atoms with Crippen molar-refractivity contribution in [3.8, 4) is 0 Å². The highest BCUT2D eigenvalue weighted by atomic mass is 32.1. The number of benzene rings is 1. The second-order valence-corrected chi connectivity index (χ2v) is 7.57. The molecule has 2 aromatic rings. The first-order chi connectivity index (χ1) is 12.2. The van der Waals surface area contributed by atoms with Crippen molar-refractivity contribution in [1.29, 1.82) is 0 Å². The van der Waals surface area contributed by atoms with Gasteiger partial charge in [-0.2, -0.15) is 0 Å². The highest BCUT2D eigenvalue weighted by molar-refractivity contribution is 7.18. The van der Waals surface area contributed by atoms with Crippen LogP contribution in [0.2, 0.25) is 0 Å². The second kappa shape index (κ2) is 8.43. The second-order valence-electron chi connectivity index (χ2n) is 6.45. The number of nitrogens with zero attached hydrogens (tertiary/aromatic N) is 2. The molecular weight excluding hydrogens is 336 g/mol. The van der Waals surface area contributed by atoms with E-state index in [-0.39, 0.29) is 18.4 Å². The van der Waals surface area contributed by atoms with Crippen molar-refractivity contribution in [2.45, 2.75) is 39.0 Å². The molecule has 0 unspecified atom stereocenters. The fraction of sp³-hybridized carbons (Fsp3) is 0.526. The Bertz CT molecular complexity index is 706. The van der Waals surface area contributed by atoms with E-state index in [1.165, 1.54) is 4.70 Å². The number of thiazole rings is 1.